The maximum Gasteiger partial charge on any atom is 0.312 e. The Hall–Kier alpha value is -1.79. The molecule has 6 bridgehead atoms. The summed E-state index contributed by atoms with van der Waals surface area (Å²) in [5.74, 6) is 0.125. The van der Waals surface area contributed by atoms with Crippen LogP contribution in [0.25, 0.3) is 0 Å². The van der Waals surface area contributed by atoms with Crippen molar-refractivity contribution >= 4 is 17.9 Å². The molecular weight excluding hydrogens is 668 g/mol. The fourth-order valence-electron chi connectivity index (χ4n) is 9.25. The molecule has 0 amide bonds. The minimum absolute atomic E-state index is 0. The summed E-state index contributed by atoms with van der Waals surface area (Å²) in [5.41, 5.74) is -2.42. The van der Waals surface area contributed by atoms with Crippen LogP contribution in [-0.4, -0.2) is 85.9 Å². The van der Waals surface area contributed by atoms with E-state index >= 15 is 0 Å². The van der Waals surface area contributed by atoms with Crippen molar-refractivity contribution in [2.24, 2.45) is 34.5 Å². The highest BCUT2D eigenvalue weighted by Gasteiger charge is 2.68. The lowest BCUT2D eigenvalue weighted by Gasteiger charge is -2.65. The van der Waals surface area contributed by atoms with Crippen LogP contribution in [0.4, 0.5) is 0 Å². The average Bonchev–Trinajstić information content (AvgIpc) is 3.67. The third-order valence-electron chi connectivity index (χ3n) is 12.4. The lowest BCUT2D eigenvalue weighted by Crippen LogP contribution is -2.69. The van der Waals surface area contributed by atoms with Gasteiger partial charge in [-0.15, -0.1) is 0 Å². The van der Waals surface area contributed by atoms with Gasteiger partial charge in [-0.25, -0.2) is 0 Å². The van der Waals surface area contributed by atoms with E-state index in [0.717, 1.165) is 32.1 Å². The zero-order valence-corrected chi connectivity index (χ0v) is 32.6. The topological polar surface area (TPSA) is 125 Å². The number of methoxy groups -OCH3 is 2. The number of hydrogen-bond acceptors (Lipinski definition) is 11. The Labute approximate surface area is 314 Å². The Kier molecular flexibility index (Phi) is 13.8. The fraction of sp³-hybridized carbons (Fsp3) is 0.927. The van der Waals surface area contributed by atoms with Crippen LogP contribution in [0.3, 0.4) is 0 Å². The van der Waals surface area contributed by atoms with Crippen molar-refractivity contribution in [3.63, 3.8) is 0 Å². The molecule has 3 heterocycles. The van der Waals surface area contributed by atoms with Gasteiger partial charge in [0.05, 0.1) is 34.1 Å². The van der Waals surface area contributed by atoms with Gasteiger partial charge in [0.2, 0.25) is 0 Å². The van der Waals surface area contributed by atoms with Crippen LogP contribution in [0, 0.1) is 34.5 Å². The largest absolute Gasteiger partial charge is 0.458 e. The molecule has 9 unspecified atom stereocenters. The lowest BCUT2D eigenvalue weighted by molar-refractivity contribution is -0.343. The molecule has 7 fully saturated rings. The highest BCUT2D eigenvalue weighted by atomic mass is 16.7. The molecule has 52 heavy (non-hydrogen) atoms. The van der Waals surface area contributed by atoms with E-state index in [4.69, 9.17) is 37.9 Å². The molecule has 3 saturated heterocycles. The summed E-state index contributed by atoms with van der Waals surface area (Å²) in [7, 11) is 3.41. The number of fused-ring (bicyclic) bond motifs is 1. The molecule has 3 aliphatic heterocycles. The summed E-state index contributed by atoms with van der Waals surface area (Å²) in [6, 6.07) is 0. The first-order valence-corrected chi connectivity index (χ1v) is 19.0. The molecule has 0 radical (unpaired) electrons. The molecule has 302 valence electrons. The van der Waals surface area contributed by atoms with Gasteiger partial charge in [-0.05, 0) is 72.1 Å². The maximum atomic E-state index is 13.2. The summed E-state index contributed by atoms with van der Waals surface area (Å²) in [6.45, 7) is 20.1. The second-order valence-electron chi connectivity index (χ2n) is 18.1. The molecule has 4 aliphatic carbocycles. The highest BCUT2D eigenvalue weighted by Crippen LogP contribution is 2.64. The van der Waals surface area contributed by atoms with Crippen LogP contribution >= 0.6 is 0 Å². The minimum Gasteiger partial charge on any atom is -0.458 e. The Morgan fingerprint density at radius 3 is 1.69 bits per heavy atom. The van der Waals surface area contributed by atoms with Gasteiger partial charge in [0.1, 0.15) is 11.7 Å². The first kappa shape index (κ1) is 44.6. The Balaban J connectivity index is 0.000000309. The fourth-order valence-corrected chi connectivity index (χ4v) is 9.25. The van der Waals surface area contributed by atoms with E-state index in [1.165, 1.54) is 0 Å². The molecule has 0 spiro atoms. The van der Waals surface area contributed by atoms with E-state index in [9.17, 15) is 14.4 Å². The van der Waals surface area contributed by atoms with Crippen LogP contribution in [0.1, 0.15) is 142 Å². The number of hydrogen-bond donors (Lipinski definition) is 0. The first-order valence-electron chi connectivity index (χ1n) is 19.0. The normalized spacial score (nSPS) is 36.4. The SMILES string of the molecule is C.C.CCC(C)(C)C(=O)OC12CC3CC(OC(OC)C(C)C)(C1)CC(OC(OC)C(C)C)(C3)C2.CCC(C)(C)C(=O)OC1C2CC3C(=O)OC1C3O2. The molecule has 11 nitrogen and oxygen atoms in total. The van der Waals surface area contributed by atoms with E-state index in [1.807, 2.05) is 41.5 Å². The smallest absolute Gasteiger partial charge is 0.312 e. The Bertz CT molecular complexity index is 1220. The van der Waals surface area contributed by atoms with Crippen molar-refractivity contribution < 1.29 is 52.3 Å². The molecule has 7 aliphatic rings. The van der Waals surface area contributed by atoms with Gasteiger partial charge in [-0.3, -0.25) is 14.4 Å². The summed E-state index contributed by atoms with van der Waals surface area (Å²) in [5, 5.41) is 0. The summed E-state index contributed by atoms with van der Waals surface area (Å²) >= 11 is 0. The predicted molar refractivity (Wildman–Crippen MR) is 197 cm³/mol. The van der Waals surface area contributed by atoms with Crippen LogP contribution in [0.2, 0.25) is 0 Å². The zero-order chi connectivity index (χ0) is 37.0. The van der Waals surface area contributed by atoms with Gasteiger partial charge < -0.3 is 37.9 Å². The summed E-state index contributed by atoms with van der Waals surface area (Å²) in [4.78, 5) is 36.8. The minimum atomic E-state index is -0.562. The van der Waals surface area contributed by atoms with E-state index in [2.05, 4.69) is 27.7 Å². The van der Waals surface area contributed by atoms with Crippen LogP contribution in [0.15, 0.2) is 0 Å². The molecule has 0 aromatic rings. The molecule has 7 rings (SSSR count). The monoisotopic (exact) mass is 741 g/mol. The third-order valence-corrected chi connectivity index (χ3v) is 12.4. The second-order valence-corrected chi connectivity index (χ2v) is 18.1. The van der Waals surface area contributed by atoms with E-state index < -0.39 is 39.8 Å². The molecule has 0 aromatic heterocycles. The summed E-state index contributed by atoms with van der Waals surface area (Å²) in [6.07, 6.45) is 5.28. The van der Waals surface area contributed by atoms with Gasteiger partial charge in [-0.2, -0.15) is 0 Å². The average molecular weight is 741 g/mol. The second kappa shape index (κ2) is 16.1. The predicted octanol–water partition coefficient (Wildman–Crippen LogP) is 7.79. The maximum absolute atomic E-state index is 13.2. The van der Waals surface area contributed by atoms with Crippen LogP contribution < -0.4 is 0 Å². The van der Waals surface area contributed by atoms with E-state index in [1.54, 1.807) is 14.2 Å². The highest BCUT2D eigenvalue weighted by molar-refractivity contribution is 5.79. The number of rotatable bonds is 14. The number of esters is 3. The van der Waals surface area contributed by atoms with Crippen molar-refractivity contribution in [1.82, 2.24) is 0 Å². The molecule has 9 atom stereocenters. The molecular formula is C41H72O11. The van der Waals surface area contributed by atoms with Gasteiger partial charge >= 0.3 is 17.9 Å². The molecule has 0 N–H and O–H groups in total. The zero-order valence-electron chi connectivity index (χ0n) is 32.6. The number of carbonyl (C=O) groups excluding carboxylic acids is 3. The Morgan fingerprint density at radius 2 is 1.23 bits per heavy atom. The number of carbonyl (C=O) groups is 3. The van der Waals surface area contributed by atoms with E-state index in [-0.39, 0.29) is 75.3 Å². The van der Waals surface area contributed by atoms with Gasteiger partial charge in [-0.1, -0.05) is 56.4 Å². The summed E-state index contributed by atoms with van der Waals surface area (Å²) < 4.78 is 47.8. The number of ether oxygens (including phenoxy) is 8. The van der Waals surface area contributed by atoms with Gasteiger partial charge in [0.15, 0.2) is 24.8 Å². The molecule has 11 heteroatoms. The van der Waals surface area contributed by atoms with Crippen molar-refractivity contribution in [2.75, 3.05) is 14.2 Å². The van der Waals surface area contributed by atoms with Gasteiger partial charge in [0, 0.05) is 45.3 Å². The standard InChI is InChI=1S/C26H46O6.C13H18O5.2CH4/c1-10-23(6,7)22(27)32-26-13-19-11-24(15-26,30-20(28-8)17(2)3)14-25(12-19,16-26)31-21(29-9)18(4)5;1-4-13(2,3)12(15)18-9-7-5-6-8(16-7)10(9)17-11(6)14;;/h17-21H,10-16H2,1-9H3;6-10H,4-5H2,1-3H3;2*1H4. The van der Waals surface area contributed by atoms with Gasteiger partial charge in [0.25, 0.3) is 0 Å². The lowest BCUT2D eigenvalue weighted by atomic mass is 9.50. The quantitative estimate of drug-likeness (QED) is 0.0985. The van der Waals surface area contributed by atoms with Crippen molar-refractivity contribution in [1.29, 1.82) is 0 Å². The molecule has 4 saturated carbocycles. The van der Waals surface area contributed by atoms with Crippen molar-refractivity contribution in [3.8, 4) is 0 Å². The first-order chi connectivity index (χ1) is 23.3. The van der Waals surface area contributed by atoms with Crippen molar-refractivity contribution in [2.45, 2.75) is 196 Å². The third kappa shape index (κ3) is 8.53. The van der Waals surface area contributed by atoms with Crippen molar-refractivity contribution in [3.05, 3.63) is 0 Å². The molecule has 0 aromatic carbocycles. The van der Waals surface area contributed by atoms with Crippen LogP contribution in [0.5, 0.6) is 0 Å². The van der Waals surface area contributed by atoms with E-state index in [0.29, 0.717) is 31.6 Å². The van der Waals surface area contributed by atoms with Crippen LogP contribution in [-0.2, 0) is 52.3 Å². The Morgan fingerprint density at radius 1 is 0.769 bits per heavy atom.